The maximum absolute atomic E-state index is 4.00. The summed E-state index contributed by atoms with van der Waals surface area (Å²) in [7, 11) is 0. The summed E-state index contributed by atoms with van der Waals surface area (Å²) in [5.74, 6) is 0. The summed E-state index contributed by atoms with van der Waals surface area (Å²) in [6.07, 6.45) is 0. The molecular formula is C21H17B2Br2N. The first-order valence-corrected chi connectivity index (χ1v) is 10.7. The summed E-state index contributed by atoms with van der Waals surface area (Å²) in [6, 6.07) is 18.2. The quantitative estimate of drug-likeness (QED) is 0.459. The summed E-state index contributed by atoms with van der Waals surface area (Å²) in [6.45, 7) is 6.52. The number of rotatable bonds is 0. The van der Waals surface area contributed by atoms with Gasteiger partial charge in [0.25, 0.3) is 11.1 Å². The van der Waals surface area contributed by atoms with E-state index in [-0.39, 0.29) is 11.1 Å². The Morgan fingerprint density at radius 1 is 0.615 bits per heavy atom. The van der Waals surface area contributed by atoms with E-state index in [2.05, 4.69) is 106 Å². The van der Waals surface area contributed by atoms with Crippen LogP contribution in [0.4, 0.5) is 17.1 Å². The zero-order valence-electron chi connectivity index (χ0n) is 15.0. The number of aryl methyl sites for hydroxylation is 3. The Morgan fingerprint density at radius 3 is 1.50 bits per heavy atom. The highest BCUT2D eigenvalue weighted by molar-refractivity contribution is 9.25. The van der Waals surface area contributed by atoms with Gasteiger partial charge in [0, 0.05) is 17.1 Å². The first-order valence-electron chi connectivity index (χ1n) is 8.89. The van der Waals surface area contributed by atoms with Crippen LogP contribution >= 0.6 is 31.5 Å². The molecule has 0 fully saturated rings. The molecular weight excluding hydrogens is 448 g/mol. The van der Waals surface area contributed by atoms with Crippen molar-refractivity contribution in [1.29, 1.82) is 0 Å². The highest BCUT2D eigenvalue weighted by atomic mass is 79.9. The molecule has 26 heavy (non-hydrogen) atoms. The van der Waals surface area contributed by atoms with Gasteiger partial charge < -0.3 is 4.90 Å². The smallest absolute Gasteiger partial charge is 0.291 e. The predicted octanol–water partition coefficient (Wildman–Crippen LogP) is 3.71. The zero-order chi connectivity index (χ0) is 18.2. The first-order chi connectivity index (χ1) is 12.5. The van der Waals surface area contributed by atoms with Gasteiger partial charge in [-0.25, -0.2) is 0 Å². The molecule has 2 heterocycles. The van der Waals surface area contributed by atoms with Crippen LogP contribution in [0.2, 0.25) is 0 Å². The van der Waals surface area contributed by atoms with E-state index in [4.69, 9.17) is 0 Å². The SMILES string of the molecule is Cc1ccc2c(c1)B(Br)c1cc(C)cc3c1N2c1ccc(C)cc1B3Br. The van der Waals surface area contributed by atoms with Crippen LogP contribution < -0.4 is 26.8 Å². The number of hydrogen-bond acceptors (Lipinski definition) is 1. The monoisotopic (exact) mass is 463 g/mol. The number of hydrogen-bond donors (Lipinski definition) is 0. The molecule has 3 aromatic carbocycles. The van der Waals surface area contributed by atoms with Gasteiger partial charge >= 0.3 is 0 Å². The van der Waals surface area contributed by atoms with E-state index >= 15 is 0 Å². The minimum atomic E-state index is 0.217. The van der Waals surface area contributed by atoms with Crippen molar-refractivity contribution in [2.45, 2.75) is 20.8 Å². The standard InChI is InChI=1S/C21H17B2Br2N/c1-12-4-6-19-15(8-12)22(24)17-10-14(3)11-18-21(17)26(19)20-7-5-13(2)9-16(20)23(18)25/h4-11H,1-3H3. The largest absolute Gasteiger partial charge is 0.312 e. The van der Waals surface area contributed by atoms with E-state index in [1.807, 2.05) is 0 Å². The minimum absolute atomic E-state index is 0.217. The maximum atomic E-state index is 4.00. The molecule has 126 valence electrons. The Kier molecular flexibility index (Phi) is 3.71. The van der Waals surface area contributed by atoms with Crippen LogP contribution in [-0.4, -0.2) is 11.1 Å². The molecule has 5 rings (SSSR count). The fourth-order valence-corrected chi connectivity index (χ4v) is 5.78. The molecule has 2 aliphatic heterocycles. The molecule has 0 spiro atoms. The Bertz CT molecular complexity index is 999. The third-order valence-corrected chi connectivity index (χ3v) is 7.45. The van der Waals surface area contributed by atoms with Crippen molar-refractivity contribution in [1.82, 2.24) is 0 Å². The average molecular weight is 465 g/mol. The van der Waals surface area contributed by atoms with Crippen LogP contribution in [0.3, 0.4) is 0 Å². The lowest BCUT2D eigenvalue weighted by molar-refractivity contribution is 1.28. The second-order valence-electron chi connectivity index (χ2n) is 7.48. The van der Waals surface area contributed by atoms with Gasteiger partial charge in [0.2, 0.25) is 0 Å². The fourth-order valence-electron chi connectivity index (χ4n) is 4.35. The lowest BCUT2D eigenvalue weighted by Crippen LogP contribution is -2.56. The minimum Gasteiger partial charge on any atom is -0.312 e. The molecule has 0 aliphatic carbocycles. The fraction of sp³-hybridized carbons (Fsp3) is 0.143. The first kappa shape index (κ1) is 16.7. The summed E-state index contributed by atoms with van der Waals surface area (Å²) in [4.78, 5) is 2.46. The third-order valence-electron chi connectivity index (χ3n) is 5.48. The van der Waals surface area contributed by atoms with Crippen LogP contribution in [0.1, 0.15) is 16.7 Å². The van der Waals surface area contributed by atoms with Gasteiger partial charge in [-0.3, -0.25) is 0 Å². The van der Waals surface area contributed by atoms with Crippen molar-refractivity contribution in [2.75, 3.05) is 4.90 Å². The van der Waals surface area contributed by atoms with Crippen LogP contribution in [0.5, 0.6) is 0 Å². The van der Waals surface area contributed by atoms with E-state index in [0.29, 0.717) is 0 Å². The van der Waals surface area contributed by atoms with Crippen LogP contribution in [-0.2, 0) is 0 Å². The Labute approximate surface area is 171 Å². The van der Waals surface area contributed by atoms with Crippen LogP contribution in [0.15, 0.2) is 48.5 Å². The topological polar surface area (TPSA) is 3.24 Å². The highest BCUT2D eigenvalue weighted by Crippen LogP contribution is 2.39. The molecule has 3 aromatic rings. The molecule has 0 bridgehead atoms. The lowest BCUT2D eigenvalue weighted by Gasteiger charge is -2.42. The molecule has 0 radical (unpaired) electrons. The highest BCUT2D eigenvalue weighted by Gasteiger charge is 2.41. The summed E-state index contributed by atoms with van der Waals surface area (Å²) in [5, 5.41) is 0. The lowest BCUT2D eigenvalue weighted by atomic mass is 9.52. The summed E-state index contributed by atoms with van der Waals surface area (Å²) in [5.41, 5.74) is 13.6. The molecule has 0 N–H and O–H groups in total. The van der Waals surface area contributed by atoms with Gasteiger partial charge in [0.15, 0.2) is 0 Å². The molecule has 0 saturated heterocycles. The normalized spacial score (nSPS) is 14.1. The average Bonchev–Trinajstić information content (AvgIpc) is 2.61. The van der Waals surface area contributed by atoms with Gasteiger partial charge in [-0.05, 0) is 54.8 Å². The van der Waals surface area contributed by atoms with Gasteiger partial charge in [0.05, 0.1) is 0 Å². The number of halogens is 2. The van der Waals surface area contributed by atoms with E-state index in [1.54, 1.807) is 0 Å². The molecule has 2 aliphatic rings. The van der Waals surface area contributed by atoms with Gasteiger partial charge in [0.1, 0.15) is 0 Å². The van der Waals surface area contributed by atoms with Crippen molar-refractivity contribution < 1.29 is 0 Å². The molecule has 0 amide bonds. The van der Waals surface area contributed by atoms with Crippen molar-refractivity contribution in [3.05, 3.63) is 65.2 Å². The number of benzene rings is 3. The van der Waals surface area contributed by atoms with Crippen LogP contribution in [0, 0.1) is 20.8 Å². The van der Waals surface area contributed by atoms with E-state index < -0.39 is 0 Å². The molecule has 0 atom stereocenters. The van der Waals surface area contributed by atoms with E-state index in [1.165, 1.54) is 55.6 Å². The van der Waals surface area contributed by atoms with Crippen molar-refractivity contribution in [3.63, 3.8) is 0 Å². The van der Waals surface area contributed by atoms with Crippen molar-refractivity contribution >= 4 is 81.5 Å². The second-order valence-corrected chi connectivity index (χ2v) is 9.31. The van der Waals surface area contributed by atoms with E-state index in [0.717, 1.165) is 0 Å². The molecule has 5 heteroatoms. The van der Waals surface area contributed by atoms with Gasteiger partial charge in [-0.2, -0.15) is 0 Å². The molecule has 0 unspecified atom stereocenters. The molecule has 1 nitrogen and oxygen atoms in total. The third kappa shape index (κ3) is 2.23. The summed E-state index contributed by atoms with van der Waals surface area (Å²) < 4.78 is 0. The van der Waals surface area contributed by atoms with Crippen LogP contribution in [0.25, 0.3) is 0 Å². The van der Waals surface area contributed by atoms with Gasteiger partial charge in [-0.15, -0.1) is 31.5 Å². The Balaban J connectivity index is 1.91. The van der Waals surface area contributed by atoms with Crippen molar-refractivity contribution in [3.8, 4) is 0 Å². The Hall–Kier alpha value is -1.45. The predicted molar refractivity (Wildman–Crippen MR) is 123 cm³/mol. The number of fused-ring (bicyclic) bond motifs is 4. The Morgan fingerprint density at radius 2 is 1.04 bits per heavy atom. The van der Waals surface area contributed by atoms with E-state index in [9.17, 15) is 0 Å². The zero-order valence-corrected chi connectivity index (χ0v) is 18.1. The number of anilines is 3. The summed E-state index contributed by atoms with van der Waals surface area (Å²) >= 11 is 8.00. The maximum Gasteiger partial charge on any atom is 0.291 e. The number of nitrogens with zero attached hydrogens (tertiary/aromatic N) is 1. The molecule has 0 saturated carbocycles. The van der Waals surface area contributed by atoms with Gasteiger partial charge in [-0.1, -0.05) is 53.1 Å². The second kappa shape index (κ2) is 5.77. The van der Waals surface area contributed by atoms with Crippen molar-refractivity contribution in [2.24, 2.45) is 0 Å². The molecule has 0 aromatic heterocycles.